The van der Waals surface area contributed by atoms with E-state index in [2.05, 4.69) is 25.9 Å². The molecular formula is C22H33FIN5O. The van der Waals surface area contributed by atoms with Crippen LogP contribution in [-0.4, -0.2) is 42.5 Å². The summed E-state index contributed by atoms with van der Waals surface area (Å²) in [6.07, 6.45) is 8.95. The van der Waals surface area contributed by atoms with Crippen molar-refractivity contribution in [1.82, 2.24) is 20.9 Å². The van der Waals surface area contributed by atoms with Crippen LogP contribution >= 0.6 is 24.0 Å². The number of nitrogens with one attached hydrogen (secondary N) is 4. The van der Waals surface area contributed by atoms with Crippen LogP contribution in [0.5, 0.6) is 0 Å². The summed E-state index contributed by atoms with van der Waals surface area (Å²) in [5, 5.41) is 10.5. The number of fused-ring (bicyclic) bond motifs is 1. The molecule has 1 aliphatic carbocycles. The van der Waals surface area contributed by atoms with Crippen molar-refractivity contribution < 1.29 is 9.18 Å². The number of benzene rings is 1. The fourth-order valence-corrected chi connectivity index (χ4v) is 3.83. The van der Waals surface area contributed by atoms with E-state index in [0.717, 1.165) is 42.3 Å². The van der Waals surface area contributed by atoms with Gasteiger partial charge in [-0.3, -0.25) is 9.79 Å². The van der Waals surface area contributed by atoms with E-state index >= 15 is 0 Å². The Labute approximate surface area is 194 Å². The highest BCUT2D eigenvalue weighted by Gasteiger charge is 2.15. The SMILES string of the molecule is CCNC(=NCCC(=O)NC1CCCCC1)NCCc1c[nH]c2ccc(F)cc12.I. The molecule has 4 N–H and O–H groups in total. The zero-order chi connectivity index (χ0) is 20.5. The van der Waals surface area contributed by atoms with Crippen molar-refractivity contribution in [2.24, 2.45) is 4.99 Å². The lowest BCUT2D eigenvalue weighted by Gasteiger charge is -2.22. The molecule has 0 unspecified atom stereocenters. The first-order chi connectivity index (χ1) is 14.2. The van der Waals surface area contributed by atoms with Crippen molar-refractivity contribution >= 4 is 46.7 Å². The molecule has 1 amide bonds. The van der Waals surface area contributed by atoms with Gasteiger partial charge < -0.3 is 20.9 Å². The molecule has 1 heterocycles. The van der Waals surface area contributed by atoms with Gasteiger partial charge >= 0.3 is 0 Å². The zero-order valence-electron chi connectivity index (χ0n) is 17.6. The molecule has 1 aliphatic rings. The molecule has 2 aromatic rings. The maximum absolute atomic E-state index is 13.5. The second-order valence-corrected chi connectivity index (χ2v) is 7.59. The van der Waals surface area contributed by atoms with Crippen molar-refractivity contribution in [1.29, 1.82) is 0 Å². The van der Waals surface area contributed by atoms with Gasteiger partial charge in [0.05, 0.1) is 6.54 Å². The third-order valence-electron chi connectivity index (χ3n) is 5.34. The first-order valence-electron chi connectivity index (χ1n) is 10.7. The molecule has 0 radical (unpaired) electrons. The number of carbonyl (C=O) groups excluding carboxylic acids is 1. The van der Waals surface area contributed by atoms with Crippen molar-refractivity contribution in [3.8, 4) is 0 Å². The minimum atomic E-state index is -0.229. The maximum Gasteiger partial charge on any atom is 0.222 e. The Kier molecular flexibility index (Phi) is 10.4. The lowest BCUT2D eigenvalue weighted by atomic mass is 9.95. The van der Waals surface area contributed by atoms with Crippen LogP contribution in [0.25, 0.3) is 10.9 Å². The first-order valence-corrected chi connectivity index (χ1v) is 10.7. The van der Waals surface area contributed by atoms with Gasteiger partial charge in [-0.05, 0) is 49.9 Å². The van der Waals surface area contributed by atoms with Gasteiger partial charge in [-0.25, -0.2) is 4.39 Å². The molecule has 8 heteroatoms. The number of aliphatic imine (C=N–C) groups is 1. The lowest BCUT2D eigenvalue weighted by molar-refractivity contribution is -0.121. The number of nitrogens with zero attached hydrogens (tertiary/aromatic N) is 1. The number of rotatable bonds is 8. The van der Waals surface area contributed by atoms with Crippen molar-refractivity contribution in [3.05, 3.63) is 35.8 Å². The molecule has 0 bridgehead atoms. The molecule has 1 fully saturated rings. The summed E-state index contributed by atoms with van der Waals surface area (Å²) in [5.74, 6) is 0.550. The molecule has 0 saturated heterocycles. The average Bonchev–Trinajstić information content (AvgIpc) is 3.11. The molecule has 1 saturated carbocycles. The predicted molar refractivity (Wildman–Crippen MR) is 131 cm³/mol. The Morgan fingerprint density at radius 1 is 1.23 bits per heavy atom. The van der Waals surface area contributed by atoms with Crippen LogP contribution in [0.3, 0.4) is 0 Å². The van der Waals surface area contributed by atoms with E-state index in [1.54, 1.807) is 12.1 Å². The molecule has 1 aromatic heterocycles. The van der Waals surface area contributed by atoms with E-state index in [9.17, 15) is 9.18 Å². The van der Waals surface area contributed by atoms with Crippen LogP contribution in [-0.2, 0) is 11.2 Å². The summed E-state index contributed by atoms with van der Waals surface area (Å²) in [5.41, 5.74) is 2.00. The minimum Gasteiger partial charge on any atom is -0.361 e. The third kappa shape index (κ3) is 7.45. The van der Waals surface area contributed by atoms with E-state index in [1.807, 2.05) is 13.1 Å². The maximum atomic E-state index is 13.5. The monoisotopic (exact) mass is 529 g/mol. The summed E-state index contributed by atoms with van der Waals surface area (Å²) in [4.78, 5) is 19.8. The predicted octanol–water partition coefficient (Wildman–Crippen LogP) is 3.86. The molecule has 6 nitrogen and oxygen atoms in total. The quantitative estimate of drug-likeness (QED) is 0.238. The number of guanidine groups is 1. The number of halogens is 2. The topological polar surface area (TPSA) is 81.3 Å². The molecule has 0 spiro atoms. The Hall–Kier alpha value is -1.84. The van der Waals surface area contributed by atoms with E-state index in [-0.39, 0.29) is 35.7 Å². The summed E-state index contributed by atoms with van der Waals surface area (Å²) < 4.78 is 13.5. The highest BCUT2D eigenvalue weighted by molar-refractivity contribution is 14.0. The van der Waals surface area contributed by atoms with Crippen molar-refractivity contribution in [2.45, 2.75) is 57.9 Å². The number of carbonyl (C=O) groups is 1. The van der Waals surface area contributed by atoms with Gasteiger partial charge in [-0.1, -0.05) is 19.3 Å². The number of amides is 1. The summed E-state index contributed by atoms with van der Waals surface area (Å²) in [6, 6.07) is 5.12. The summed E-state index contributed by atoms with van der Waals surface area (Å²) >= 11 is 0. The van der Waals surface area contributed by atoms with E-state index in [1.165, 1.54) is 25.3 Å². The number of aromatic nitrogens is 1. The molecule has 30 heavy (non-hydrogen) atoms. The van der Waals surface area contributed by atoms with Crippen LogP contribution in [0.1, 0.15) is 51.0 Å². The standard InChI is InChI=1S/C22H32FN5O.HI/c1-2-24-22(26-13-11-21(29)28-18-6-4-3-5-7-18)25-12-10-16-15-27-20-9-8-17(23)14-19(16)20;/h8-9,14-15,18,27H,2-7,10-13H2,1H3,(H,28,29)(H2,24,25,26);1H. The molecule has 0 atom stereocenters. The summed E-state index contributed by atoms with van der Waals surface area (Å²) in [7, 11) is 0. The second kappa shape index (κ2) is 12.8. The first kappa shape index (κ1) is 24.4. The van der Waals surface area contributed by atoms with Crippen LogP contribution in [0.2, 0.25) is 0 Å². The van der Waals surface area contributed by atoms with Crippen molar-refractivity contribution in [3.63, 3.8) is 0 Å². The zero-order valence-corrected chi connectivity index (χ0v) is 19.9. The van der Waals surface area contributed by atoms with E-state index < -0.39 is 0 Å². The molecule has 3 rings (SSSR count). The normalized spacial score (nSPS) is 14.9. The smallest absolute Gasteiger partial charge is 0.222 e. The number of hydrogen-bond acceptors (Lipinski definition) is 2. The molecule has 1 aromatic carbocycles. The number of aromatic amines is 1. The van der Waals surface area contributed by atoms with Gasteiger partial charge in [0.25, 0.3) is 0 Å². The minimum absolute atomic E-state index is 0. The highest BCUT2D eigenvalue weighted by atomic mass is 127. The Balaban J connectivity index is 0.00000320. The van der Waals surface area contributed by atoms with E-state index in [4.69, 9.17) is 0 Å². The van der Waals surface area contributed by atoms with E-state index in [0.29, 0.717) is 31.5 Å². The van der Waals surface area contributed by atoms with Crippen LogP contribution in [0, 0.1) is 5.82 Å². The second-order valence-electron chi connectivity index (χ2n) is 7.59. The fraction of sp³-hybridized carbons (Fsp3) is 0.545. The van der Waals surface area contributed by atoms with Crippen LogP contribution in [0.4, 0.5) is 4.39 Å². The van der Waals surface area contributed by atoms with Gasteiger partial charge in [-0.2, -0.15) is 0 Å². The molecular weight excluding hydrogens is 496 g/mol. The van der Waals surface area contributed by atoms with Gasteiger partial charge in [-0.15, -0.1) is 24.0 Å². The lowest BCUT2D eigenvalue weighted by Crippen LogP contribution is -2.39. The van der Waals surface area contributed by atoms with Crippen molar-refractivity contribution in [2.75, 3.05) is 19.6 Å². The highest BCUT2D eigenvalue weighted by Crippen LogP contribution is 2.19. The molecule has 166 valence electrons. The van der Waals surface area contributed by atoms with Gasteiger partial charge in [0, 0.05) is 42.7 Å². The van der Waals surface area contributed by atoms with Gasteiger partial charge in [0.1, 0.15) is 5.82 Å². The Morgan fingerprint density at radius 2 is 2.03 bits per heavy atom. The summed E-state index contributed by atoms with van der Waals surface area (Å²) in [6.45, 7) is 3.88. The largest absolute Gasteiger partial charge is 0.361 e. The van der Waals surface area contributed by atoms with Gasteiger partial charge in [0.2, 0.25) is 5.91 Å². The number of hydrogen-bond donors (Lipinski definition) is 4. The Morgan fingerprint density at radius 3 is 2.80 bits per heavy atom. The average molecular weight is 529 g/mol. The van der Waals surface area contributed by atoms with Crippen LogP contribution < -0.4 is 16.0 Å². The van der Waals surface area contributed by atoms with Crippen LogP contribution in [0.15, 0.2) is 29.4 Å². The Bertz CT molecular complexity index is 832. The van der Waals surface area contributed by atoms with Gasteiger partial charge in [0.15, 0.2) is 5.96 Å². The third-order valence-corrected chi connectivity index (χ3v) is 5.34. The fourth-order valence-electron chi connectivity index (χ4n) is 3.83. The number of H-pyrrole nitrogens is 1. The molecule has 0 aliphatic heterocycles.